The van der Waals surface area contributed by atoms with Crippen LogP contribution in [-0.4, -0.2) is 38.6 Å². The molecular weight excluding hydrogens is 473 g/mol. The van der Waals surface area contributed by atoms with Crippen LogP contribution in [0.15, 0.2) is 66.9 Å². The topological polar surface area (TPSA) is 91.9 Å². The lowest BCUT2D eigenvalue weighted by molar-refractivity contribution is 0.0259. The van der Waals surface area contributed by atoms with Crippen LogP contribution in [-0.2, 0) is 30.8 Å². The lowest BCUT2D eigenvalue weighted by atomic mass is 10.0. The number of aryl methyl sites for hydroxylation is 1. The first-order valence-electron chi connectivity index (χ1n) is 12.5. The number of ether oxygens (including phenoxy) is 1. The summed E-state index contributed by atoms with van der Waals surface area (Å²) in [7, 11) is 0. The SMILES string of the molecule is CCCCc1cc(O)c(Cn2cc(C[C@H](O)COC(=O)c3ccccc3)c3cc(CF)ccc32)c(O)c1. The summed E-state index contributed by atoms with van der Waals surface area (Å²) < 4.78 is 20.6. The number of aromatic nitrogens is 1. The summed E-state index contributed by atoms with van der Waals surface area (Å²) in [4.78, 5) is 12.2. The molecule has 7 heteroatoms. The van der Waals surface area contributed by atoms with E-state index in [2.05, 4.69) is 6.92 Å². The Labute approximate surface area is 215 Å². The van der Waals surface area contributed by atoms with Gasteiger partial charge in [-0.1, -0.05) is 37.6 Å². The van der Waals surface area contributed by atoms with Crippen molar-refractivity contribution in [2.75, 3.05) is 6.61 Å². The maximum atomic E-state index is 13.4. The Bertz CT molecular complexity index is 1340. The van der Waals surface area contributed by atoms with E-state index in [0.29, 0.717) is 16.7 Å². The van der Waals surface area contributed by atoms with Gasteiger partial charge in [-0.3, -0.25) is 0 Å². The molecule has 0 saturated heterocycles. The summed E-state index contributed by atoms with van der Waals surface area (Å²) in [5.74, 6) is -0.486. The van der Waals surface area contributed by atoms with E-state index in [-0.39, 0.29) is 31.1 Å². The molecule has 0 spiro atoms. The predicted octanol–water partition coefficient (Wildman–Crippen LogP) is 5.67. The van der Waals surface area contributed by atoms with Gasteiger partial charge in [0.1, 0.15) is 24.8 Å². The van der Waals surface area contributed by atoms with E-state index in [1.165, 1.54) is 0 Å². The van der Waals surface area contributed by atoms with Crippen LogP contribution in [0.3, 0.4) is 0 Å². The lowest BCUT2D eigenvalue weighted by Crippen LogP contribution is -2.21. The Morgan fingerprint density at radius 3 is 2.43 bits per heavy atom. The van der Waals surface area contributed by atoms with Gasteiger partial charge in [0, 0.05) is 23.5 Å². The average molecular weight is 506 g/mol. The van der Waals surface area contributed by atoms with Crippen LogP contribution in [0.2, 0.25) is 0 Å². The number of carbonyl (C=O) groups is 1. The number of carbonyl (C=O) groups excluding carboxylic acids is 1. The van der Waals surface area contributed by atoms with Gasteiger partial charge < -0.3 is 24.6 Å². The second kappa shape index (κ2) is 11.9. The van der Waals surface area contributed by atoms with Crippen molar-refractivity contribution < 1.29 is 29.2 Å². The highest BCUT2D eigenvalue weighted by Crippen LogP contribution is 2.33. The van der Waals surface area contributed by atoms with Crippen molar-refractivity contribution in [3.8, 4) is 11.5 Å². The first kappa shape index (κ1) is 26.2. The molecule has 0 unspecified atom stereocenters. The maximum Gasteiger partial charge on any atom is 0.338 e. The summed E-state index contributed by atoms with van der Waals surface area (Å²) in [5.41, 5.74) is 3.68. The normalized spacial score (nSPS) is 12.1. The van der Waals surface area contributed by atoms with Gasteiger partial charge >= 0.3 is 5.97 Å². The molecule has 0 saturated carbocycles. The van der Waals surface area contributed by atoms with Crippen LogP contribution in [0.4, 0.5) is 4.39 Å². The van der Waals surface area contributed by atoms with Crippen molar-refractivity contribution in [2.45, 2.75) is 51.9 Å². The molecule has 1 heterocycles. The van der Waals surface area contributed by atoms with E-state index >= 15 is 0 Å². The fraction of sp³-hybridized carbons (Fsp3) is 0.300. The lowest BCUT2D eigenvalue weighted by Gasteiger charge is -2.12. The second-order valence-electron chi connectivity index (χ2n) is 9.31. The number of nitrogens with zero attached hydrogens (tertiary/aromatic N) is 1. The quantitative estimate of drug-likeness (QED) is 0.228. The van der Waals surface area contributed by atoms with Crippen LogP contribution >= 0.6 is 0 Å². The number of hydrogen-bond donors (Lipinski definition) is 3. The zero-order valence-corrected chi connectivity index (χ0v) is 20.9. The molecule has 0 aliphatic carbocycles. The molecule has 1 aromatic heterocycles. The highest BCUT2D eigenvalue weighted by atomic mass is 19.1. The zero-order chi connectivity index (χ0) is 26.4. The molecule has 37 heavy (non-hydrogen) atoms. The fourth-order valence-corrected chi connectivity index (χ4v) is 4.49. The van der Waals surface area contributed by atoms with Crippen molar-refractivity contribution in [2.24, 2.45) is 0 Å². The number of aliphatic hydroxyl groups excluding tert-OH is 1. The molecule has 0 aliphatic rings. The van der Waals surface area contributed by atoms with E-state index in [9.17, 15) is 24.5 Å². The Kier molecular flexibility index (Phi) is 8.46. The van der Waals surface area contributed by atoms with Gasteiger partial charge in [-0.25, -0.2) is 9.18 Å². The van der Waals surface area contributed by atoms with E-state index < -0.39 is 18.7 Å². The van der Waals surface area contributed by atoms with Crippen LogP contribution in [0, 0.1) is 0 Å². The number of esters is 1. The molecular formula is C30H32FNO5. The number of aliphatic hydroxyl groups is 1. The Balaban J connectivity index is 1.56. The van der Waals surface area contributed by atoms with Crippen LogP contribution < -0.4 is 0 Å². The van der Waals surface area contributed by atoms with Gasteiger partial charge in [0.15, 0.2) is 0 Å². The van der Waals surface area contributed by atoms with Crippen LogP contribution in [0.1, 0.15) is 52.4 Å². The molecule has 1 atom stereocenters. The van der Waals surface area contributed by atoms with Crippen molar-refractivity contribution in [1.82, 2.24) is 4.57 Å². The molecule has 0 amide bonds. The van der Waals surface area contributed by atoms with E-state index in [1.807, 2.05) is 10.8 Å². The molecule has 3 N–H and O–H groups in total. The van der Waals surface area contributed by atoms with Crippen molar-refractivity contribution in [3.05, 3.63) is 94.7 Å². The third-order valence-electron chi connectivity index (χ3n) is 6.46. The van der Waals surface area contributed by atoms with E-state index in [1.54, 1.807) is 60.7 Å². The highest BCUT2D eigenvalue weighted by molar-refractivity contribution is 5.89. The minimum Gasteiger partial charge on any atom is -0.507 e. The minimum atomic E-state index is -0.972. The maximum absolute atomic E-state index is 13.4. The van der Waals surface area contributed by atoms with Crippen molar-refractivity contribution in [1.29, 1.82) is 0 Å². The molecule has 0 aliphatic heterocycles. The fourth-order valence-electron chi connectivity index (χ4n) is 4.49. The van der Waals surface area contributed by atoms with Crippen LogP contribution in [0.5, 0.6) is 11.5 Å². The summed E-state index contributed by atoms with van der Waals surface area (Å²) in [6.45, 7) is 1.46. The largest absolute Gasteiger partial charge is 0.507 e. The number of phenolic OH excluding ortho intramolecular Hbond substituents is 2. The van der Waals surface area contributed by atoms with Gasteiger partial charge in [0.25, 0.3) is 0 Å². The Hall–Kier alpha value is -3.84. The first-order chi connectivity index (χ1) is 17.9. The third-order valence-corrected chi connectivity index (χ3v) is 6.46. The number of hydrogen-bond acceptors (Lipinski definition) is 5. The highest BCUT2D eigenvalue weighted by Gasteiger charge is 2.18. The van der Waals surface area contributed by atoms with Gasteiger partial charge in [-0.05, 0) is 65.9 Å². The van der Waals surface area contributed by atoms with Crippen molar-refractivity contribution >= 4 is 16.9 Å². The molecule has 4 aromatic rings. The molecule has 6 nitrogen and oxygen atoms in total. The number of halogens is 1. The smallest absolute Gasteiger partial charge is 0.338 e. The molecule has 3 aromatic carbocycles. The number of fused-ring (bicyclic) bond motifs is 1. The van der Waals surface area contributed by atoms with E-state index in [4.69, 9.17) is 4.74 Å². The van der Waals surface area contributed by atoms with Gasteiger partial charge in [-0.15, -0.1) is 0 Å². The number of aromatic hydroxyl groups is 2. The molecule has 0 bridgehead atoms. The van der Waals surface area contributed by atoms with Gasteiger partial charge in [0.2, 0.25) is 0 Å². The number of benzene rings is 3. The van der Waals surface area contributed by atoms with Crippen LogP contribution in [0.25, 0.3) is 10.9 Å². The standard InChI is InChI=1S/C30H32FNO5/c1-2-3-7-20-13-28(34)26(29(35)14-20)18-32-17-23(25-12-21(16-31)10-11-27(25)32)15-24(33)19-37-30(36)22-8-5-4-6-9-22/h4-6,8-14,17,24,33-35H,2-3,7,15-16,18-19H2,1H3/t24-/m0/s1. The van der Waals surface area contributed by atoms with E-state index in [0.717, 1.165) is 41.3 Å². The van der Waals surface area contributed by atoms with Gasteiger partial charge in [-0.2, -0.15) is 0 Å². The Morgan fingerprint density at radius 2 is 1.76 bits per heavy atom. The molecule has 194 valence electrons. The zero-order valence-electron chi connectivity index (χ0n) is 20.9. The molecule has 0 fully saturated rings. The summed E-state index contributed by atoms with van der Waals surface area (Å²) in [6.07, 6.45) is 3.77. The number of alkyl halides is 1. The number of unbranched alkanes of at least 4 members (excludes halogenated alkanes) is 1. The minimum absolute atomic E-state index is 0.0164. The van der Waals surface area contributed by atoms with Gasteiger partial charge in [0.05, 0.1) is 23.8 Å². The molecule has 4 rings (SSSR count). The average Bonchev–Trinajstić information content (AvgIpc) is 3.24. The third kappa shape index (κ3) is 6.30. The second-order valence-corrected chi connectivity index (χ2v) is 9.31. The summed E-state index contributed by atoms with van der Waals surface area (Å²) >= 11 is 0. The Morgan fingerprint density at radius 1 is 1.03 bits per heavy atom. The first-order valence-corrected chi connectivity index (χ1v) is 12.5. The monoisotopic (exact) mass is 505 g/mol. The summed E-state index contributed by atoms with van der Waals surface area (Å²) in [5, 5.41) is 32.7. The van der Waals surface area contributed by atoms with Crippen molar-refractivity contribution in [3.63, 3.8) is 0 Å². The predicted molar refractivity (Wildman–Crippen MR) is 141 cm³/mol. The summed E-state index contributed by atoms with van der Waals surface area (Å²) in [6, 6.07) is 17.1. The number of phenols is 2. The molecule has 0 radical (unpaired) electrons. The number of rotatable bonds is 11.